The second-order valence-corrected chi connectivity index (χ2v) is 13.3. The number of ether oxygens (including phenoxy) is 1. The molecule has 3 rings (SSSR count). The zero-order valence-corrected chi connectivity index (χ0v) is 22.8. The van der Waals surface area contributed by atoms with Crippen molar-refractivity contribution < 1.29 is 40.7 Å². The van der Waals surface area contributed by atoms with Gasteiger partial charge in [0.25, 0.3) is 0 Å². The summed E-state index contributed by atoms with van der Waals surface area (Å²) >= 11 is 0. The largest absolute Gasteiger partial charge is 0.481 e. The van der Waals surface area contributed by atoms with Crippen LogP contribution < -0.4 is 14.4 Å². The van der Waals surface area contributed by atoms with E-state index in [1.165, 1.54) is 38.4 Å². The summed E-state index contributed by atoms with van der Waals surface area (Å²) in [5.41, 5.74) is 1.43. The number of nitrogens with zero attached hydrogens (tertiary/aromatic N) is 2. The first kappa shape index (κ1) is 29.3. The zero-order chi connectivity index (χ0) is 28.3. The third kappa shape index (κ3) is 6.98. The number of amides is 1. The van der Waals surface area contributed by atoms with E-state index in [1.807, 2.05) is 0 Å². The zero-order valence-electron chi connectivity index (χ0n) is 21.2. The minimum absolute atomic E-state index is 0.0680. The van der Waals surface area contributed by atoms with Gasteiger partial charge in [-0.3, -0.25) is 13.9 Å². The molecule has 1 aliphatic rings. The van der Waals surface area contributed by atoms with Crippen molar-refractivity contribution in [2.45, 2.75) is 37.7 Å². The number of anilines is 1. The fraction of sp³-hybridized carbons (Fsp3) is 0.458. The van der Waals surface area contributed by atoms with Crippen molar-refractivity contribution in [3.63, 3.8) is 0 Å². The van der Waals surface area contributed by atoms with Crippen molar-refractivity contribution in [1.82, 2.24) is 10.3 Å². The van der Waals surface area contributed by atoms with Crippen molar-refractivity contribution in [1.29, 1.82) is 0 Å². The highest BCUT2D eigenvalue weighted by atomic mass is 32.2. The van der Waals surface area contributed by atoms with Crippen molar-refractivity contribution in [2.24, 2.45) is 0 Å². The van der Waals surface area contributed by atoms with Gasteiger partial charge in [-0.1, -0.05) is 12.1 Å². The Balaban J connectivity index is 1.94. The lowest BCUT2D eigenvalue weighted by Crippen LogP contribution is -2.29. The summed E-state index contributed by atoms with van der Waals surface area (Å²) < 4.78 is 69.3. The molecule has 2 aromatic rings. The number of sulfone groups is 1. The number of benzene rings is 1. The van der Waals surface area contributed by atoms with E-state index in [4.69, 9.17) is 9.84 Å². The van der Waals surface area contributed by atoms with E-state index in [-0.39, 0.29) is 36.2 Å². The Morgan fingerprint density at radius 2 is 1.79 bits per heavy atom. The lowest BCUT2D eigenvalue weighted by molar-refractivity contribution is -0.136. The Morgan fingerprint density at radius 3 is 2.37 bits per heavy atom. The van der Waals surface area contributed by atoms with Crippen LogP contribution in [0.1, 0.15) is 48.0 Å². The molecule has 38 heavy (non-hydrogen) atoms. The van der Waals surface area contributed by atoms with Gasteiger partial charge < -0.3 is 15.2 Å². The number of fused-ring (bicyclic) bond motifs is 1. The number of carbonyl (C=O) groups is 2. The van der Waals surface area contributed by atoms with Crippen molar-refractivity contribution in [3.05, 3.63) is 52.8 Å². The lowest BCUT2D eigenvalue weighted by atomic mass is 9.90. The van der Waals surface area contributed by atoms with Crippen LogP contribution in [0.2, 0.25) is 0 Å². The first-order valence-corrected chi connectivity index (χ1v) is 15.4. The summed E-state index contributed by atoms with van der Waals surface area (Å²) in [4.78, 5) is 28.0. The second kappa shape index (κ2) is 11.6. The molecule has 11 nitrogen and oxygen atoms in total. The quantitative estimate of drug-likeness (QED) is 0.362. The van der Waals surface area contributed by atoms with E-state index in [0.717, 1.165) is 10.6 Å². The Kier molecular flexibility index (Phi) is 8.97. The minimum atomic E-state index is -3.73. The molecule has 2 N–H and O–H groups in total. The molecule has 2 heterocycles. The van der Waals surface area contributed by atoms with Crippen molar-refractivity contribution >= 4 is 37.6 Å². The van der Waals surface area contributed by atoms with Crippen LogP contribution in [-0.4, -0.2) is 70.7 Å². The summed E-state index contributed by atoms with van der Waals surface area (Å²) in [6, 6.07) is 7.12. The summed E-state index contributed by atoms with van der Waals surface area (Å²) in [7, 11) is -4.49. The number of hydrogen-bond acceptors (Lipinski definition) is 8. The summed E-state index contributed by atoms with van der Waals surface area (Å²) in [6.45, 7) is 0. The number of sulfonamides is 1. The first-order chi connectivity index (χ1) is 17.7. The van der Waals surface area contributed by atoms with Crippen LogP contribution in [0.15, 0.2) is 30.3 Å². The third-order valence-corrected chi connectivity index (χ3v) is 9.15. The molecule has 1 aliphatic heterocycles. The number of likely N-dealkylation sites (N-methyl/N-ethyl adjacent to an activating group) is 1. The predicted octanol–water partition coefficient (Wildman–Crippen LogP) is 1.79. The maximum Gasteiger partial charge on any atom is 0.304 e. The topological polar surface area (TPSA) is 160 Å². The highest BCUT2D eigenvalue weighted by molar-refractivity contribution is 7.92. The van der Waals surface area contributed by atoms with Gasteiger partial charge in [-0.15, -0.1) is 0 Å². The molecule has 0 spiro atoms. The molecule has 2 atom stereocenters. The van der Waals surface area contributed by atoms with Gasteiger partial charge in [0.15, 0.2) is 9.84 Å². The van der Waals surface area contributed by atoms with Crippen LogP contribution in [0.5, 0.6) is 5.88 Å². The molecule has 208 valence electrons. The van der Waals surface area contributed by atoms with Crippen LogP contribution in [0.4, 0.5) is 10.2 Å². The molecule has 0 bridgehead atoms. The van der Waals surface area contributed by atoms with E-state index < -0.39 is 55.8 Å². The highest BCUT2D eigenvalue weighted by Gasteiger charge is 2.42. The highest BCUT2D eigenvalue weighted by Crippen LogP contribution is 2.47. The molecule has 0 aliphatic carbocycles. The monoisotopic (exact) mass is 571 g/mol. The lowest BCUT2D eigenvalue weighted by Gasteiger charge is -2.20. The average molecular weight is 572 g/mol. The smallest absolute Gasteiger partial charge is 0.304 e. The second-order valence-electron chi connectivity index (χ2n) is 9.03. The van der Waals surface area contributed by atoms with Crippen LogP contribution in [0.3, 0.4) is 0 Å². The Morgan fingerprint density at radius 1 is 1.13 bits per heavy atom. The van der Waals surface area contributed by atoms with Gasteiger partial charge >= 0.3 is 5.97 Å². The number of aromatic nitrogens is 1. The normalized spacial score (nSPS) is 16.9. The number of nitrogens with one attached hydrogen (secondary N) is 1. The first-order valence-electron chi connectivity index (χ1n) is 11.8. The number of carboxylic acids is 1. The van der Waals surface area contributed by atoms with Gasteiger partial charge in [0, 0.05) is 19.7 Å². The maximum absolute atomic E-state index is 13.5. The summed E-state index contributed by atoms with van der Waals surface area (Å²) in [5.74, 6) is -3.40. The molecule has 1 amide bonds. The number of aliphatic carboxylic acids is 1. The van der Waals surface area contributed by atoms with Crippen LogP contribution in [0, 0.1) is 5.82 Å². The number of pyridine rings is 1. The van der Waals surface area contributed by atoms with Crippen LogP contribution in [0.25, 0.3) is 0 Å². The third-order valence-electron chi connectivity index (χ3n) is 6.25. The molecule has 0 saturated carbocycles. The van der Waals surface area contributed by atoms with Gasteiger partial charge in [0.1, 0.15) is 23.7 Å². The van der Waals surface area contributed by atoms with Crippen molar-refractivity contribution in [3.8, 4) is 5.88 Å². The van der Waals surface area contributed by atoms with Gasteiger partial charge in [0.05, 0.1) is 24.2 Å². The maximum atomic E-state index is 13.5. The number of halogens is 1. The number of unbranched alkanes of at least 4 members (excludes halogenated alkanes) is 1. The molecular formula is C24H30FN3O8S2. The van der Waals surface area contributed by atoms with Gasteiger partial charge in [-0.05, 0) is 48.6 Å². The number of carboxylic acid groups (broad SMARTS) is 1. The fourth-order valence-corrected chi connectivity index (χ4v) is 5.96. The van der Waals surface area contributed by atoms with E-state index >= 15 is 0 Å². The van der Waals surface area contributed by atoms with Gasteiger partial charge in [-0.2, -0.15) is 4.98 Å². The van der Waals surface area contributed by atoms with E-state index in [0.29, 0.717) is 23.1 Å². The molecule has 1 aromatic carbocycles. The Bertz CT molecular complexity index is 1410. The summed E-state index contributed by atoms with van der Waals surface area (Å²) in [5, 5.41) is 11.3. The number of aryl methyl sites for hydroxylation is 1. The SMILES string of the molecule is CNC(=O)C1c2cc(CCCCS(=O)(=O)CCC(=O)O)c(N(C)S(C)(=O)=O)nc2OC1c1ccc(F)cc1. The fourth-order valence-electron chi connectivity index (χ4n) is 4.16. The summed E-state index contributed by atoms with van der Waals surface area (Å²) in [6.07, 6.45) is 0.501. The Labute approximate surface area is 221 Å². The molecule has 1 aromatic heterocycles. The van der Waals surface area contributed by atoms with E-state index in [1.54, 1.807) is 6.07 Å². The number of hydrogen-bond donors (Lipinski definition) is 2. The molecular weight excluding hydrogens is 541 g/mol. The Hall–Kier alpha value is -3.26. The van der Waals surface area contributed by atoms with Crippen molar-refractivity contribution in [2.75, 3.05) is 36.2 Å². The molecule has 0 fully saturated rings. The van der Waals surface area contributed by atoms with Gasteiger partial charge in [-0.25, -0.2) is 21.2 Å². The molecule has 14 heteroatoms. The minimum Gasteiger partial charge on any atom is -0.481 e. The number of rotatable bonds is 12. The standard InChI is InChI=1S/C24H30FN3O8S2/c1-26-23(31)20-18-14-16(6-4-5-12-38(34,35)13-11-19(29)30)22(28(2)37(3,32)33)27-24(18)36-21(20)15-7-9-17(25)10-8-15/h7-10,14,20-21H,4-6,11-13H2,1-3H3,(H,26,31)(H,29,30). The van der Waals surface area contributed by atoms with E-state index in [9.17, 15) is 30.8 Å². The molecule has 2 unspecified atom stereocenters. The van der Waals surface area contributed by atoms with Crippen LogP contribution >= 0.6 is 0 Å². The van der Waals surface area contributed by atoms with Gasteiger partial charge in [0.2, 0.25) is 21.8 Å². The molecule has 0 saturated heterocycles. The van der Waals surface area contributed by atoms with Crippen LogP contribution in [-0.2, 0) is 35.9 Å². The number of carbonyl (C=O) groups excluding carboxylic acids is 1. The predicted molar refractivity (Wildman–Crippen MR) is 138 cm³/mol. The average Bonchev–Trinajstić information content (AvgIpc) is 3.22. The van der Waals surface area contributed by atoms with E-state index in [2.05, 4.69) is 10.3 Å². The molecule has 0 radical (unpaired) electrons.